The van der Waals surface area contributed by atoms with Crippen LogP contribution < -0.4 is 10.5 Å². The van der Waals surface area contributed by atoms with Crippen molar-refractivity contribution in [1.82, 2.24) is 9.97 Å². The van der Waals surface area contributed by atoms with E-state index in [9.17, 15) is 0 Å². The fraction of sp³-hybridized carbons (Fsp3) is 0.556. The molecule has 13 heavy (non-hydrogen) atoms. The van der Waals surface area contributed by atoms with Crippen molar-refractivity contribution in [3.8, 4) is 5.88 Å². The maximum atomic E-state index is 5.58. The molecular weight excluding hydrogens is 166 g/mol. The van der Waals surface area contributed by atoms with Gasteiger partial charge in [0.05, 0.1) is 6.10 Å². The molecule has 0 aromatic carbocycles. The molecule has 0 amide bonds. The highest BCUT2D eigenvalue weighted by molar-refractivity contribution is 5.32. The number of rotatable bonds is 3. The van der Waals surface area contributed by atoms with Crippen LogP contribution in [0.25, 0.3) is 0 Å². The molecule has 0 saturated heterocycles. The lowest BCUT2D eigenvalue weighted by atomic mass is 10.4. The van der Waals surface area contributed by atoms with E-state index in [0.717, 1.165) is 12.2 Å². The third kappa shape index (κ3) is 2.89. The molecule has 0 aliphatic rings. The zero-order chi connectivity index (χ0) is 9.84. The van der Waals surface area contributed by atoms with Gasteiger partial charge in [-0.3, -0.25) is 0 Å². The summed E-state index contributed by atoms with van der Waals surface area (Å²) >= 11 is 0. The summed E-state index contributed by atoms with van der Waals surface area (Å²) in [6, 6.07) is 1.64. The first-order valence-corrected chi connectivity index (χ1v) is 4.42. The normalized spacial score (nSPS) is 10.5. The summed E-state index contributed by atoms with van der Waals surface area (Å²) in [5, 5.41) is 0. The lowest BCUT2D eigenvalue weighted by Crippen LogP contribution is -2.09. The molecule has 1 rings (SSSR count). The predicted octanol–water partition coefficient (Wildman–Crippen LogP) is 1.41. The minimum Gasteiger partial charge on any atom is -0.475 e. The van der Waals surface area contributed by atoms with E-state index in [1.807, 2.05) is 20.8 Å². The highest BCUT2D eigenvalue weighted by atomic mass is 16.5. The fourth-order valence-electron chi connectivity index (χ4n) is 0.952. The van der Waals surface area contributed by atoms with Gasteiger partial charge in [-0.05, 0) is 13.8 Å². The van der Waals surface area contributed by atoms with E-state index in [0.29, 0.717) is 11.7 Å². The summed E-state index contributed by atoms with van der Waals surface area (Å²) in [5.74, 6) is 1.73. The number of aromatic nitrogens is 2. The van der Waals surface area contributed by atoms with E-state index in [2.05, 4.69) is 9.97 Å². The number of aryl methyl sites for hydroxylation is 1. The first kappa shape index (κ1) is 9.77. The van der Waals surface area contributed by atoms with Crippen LogP contribution in [0.3, 0.4) is 0 Å². The van der Waals surface area contributed by atoms with E-state index in [1.165, 1.54) is 0 Å². The van der Waals surface area contributed by atoms with Gasteiger partial charge in [-0.1, -0.05) is 6.92 Å². The van der Waals surface area contributed by atoms with Gasteiger partial charge in [0, 0.05) is 12.5 Å². The molecule has 0 spiro atoms. The first-order chi connectivity index (χ1) is 6.11. The van der Waals surface area contributed by atoms with Crippen molar-refractivity contribution in [2.24, 2.45) is 0 Å². The largest absolute Gasteiger partial charge is 0.475 e. The van der Waals surface area contributed by atoms with E-state index in [4.69, 9.17) is 10.5 Å². The summed E-state index contributed by atoms with van der Waals surface area (Å²) in [4.78, 5) is 8.23. The number of nitrogens with two attached hydrogens (primary N) is 1. The van der Waals surface area contributed by atoms with Gasteiger partial charge in [0.1, 0.15) is 11.6 Å². The summed E-state index contributed by atoms with van der Waals surface area (Å²) in [6.07, 6.45) is 0.874. The lowest BCUT2D eigenvalue weighted by Gasteiger charge is -2.09. The monoisotopic (exact) mass is 181 g/mol. The van der Waals surface area contributed by atoms with Crippen LogP contribution in [-0.4, -0.2) is 16.1 Å². The Bertz CT molecular complexity index is 286. The van der Waals surface area contributed by atoms with Crippen molar-refractivity contribution < 1.29 is 4.74 Å². The number of nitrogen functional groups attached to an aromatic ring is 1. The average molecular weight is 181 g/mol. The molecule has 72 valence electrons. The number of hydrogen-bond acceptors (Lipinski definition) is 4. The van der Waals surface area contributed by atoms with Crippen molar-refractivity contribution in [3.05, 3.63) is 11.9 Å². The Balaban J connectivity index is 2.88. The standard InChI is InChI=1S/C9H15N3O/c1-4-8-11-7(10)5-9(12-8)13-6(2)3/h5-6H,4H2,1-3H3,(H2,10,11,12). The van der Waals surface area contributed by atoms with Crippen LogP contribution in [0.2, 0.25) is 0 Å². The molecule has 0 saturated carbocycles. The van der Waals surface area contributed by atoms with Crippen molar-refractivity contribution >= 4 is 5.82 Å². The molecule has 0 unspecified atom stereocenters. The Labute approximate surface area is 78.1 Å². The van der Waals surface area contributed by atoms with Gasteiger partial charge in [-0.2, -0.15) is 4.98 Å². The number of hydrogen-bond donors (Lipinski definition) is 1. The van der Waals surface area contributed by atoms with Crippen LogP contribution in [0.4, 0.5) is 5.82 Å². The van der Waals surface area contributed by atoms with Crippen LogP contribution in [0, 0.1) is 0 Å². The zero-order valence-corrected chi connectivity index (χ0v) is 8.24. The van der Waals surface area contributed by atoms with Gasteiger partial charge in [0.15, 0.2) is 0 Å². The predicted molar refractivity (Wildman–Crippen MR) is 51.6 cm³/mol. The first-order valence-electron chi connectivity index (χ1n) is 4.42. The van der Waals surface area contributed by atoms with E-state index >= 15 is 0 Å². The SMILES string of the molecule is CCc1nc(N)cc(OC(C)C)n1. The van der Waals surface area contributed by atoms with Crippen LogP contribution in [-0.2, 0) is 6.42 Å². The molecule has 2 N–H and O–H groups in total. The Morgan fingerprint density at radius 1 is 1.46 bits per heavy atom. The third-order valence-corrected chi connectivity index (χ3v) is 1.44. The third-order valence-electron chi connectivity index (χ3n) is 1.44. The van der Waals surface area contributed by atoms with E-state index < -0.39 is 0 Å². The summed E-state index contributed by atoms with van der Waals surface area (Å²) in [5.41, 5.74) is 5.58. The van der Waals surface area contributed by atoms with Crippen LogP contribution in [0.15, 0.2) is 6.07 Å². The molecule has 4 nitrogen and oxygen atoms in total. The second-order valence-corrected chi connectivity index (χ2v) is 3.07. The van der Waals surface area contributed by atoms with E-state index in [-0.39, 0.29) is 6.10 Å². The topological polar surface area (TPSA) is 61.0 Å². The second kappa shape index (κ2) is 4.07. The Hall–Kier alpha value is -1.32. The van der Waals surface area contributed by atoms with Gasteiger partial charge in [-0.15, -0.1) is 0 Å². The van der Waals surface area contributed by atoms with Crippen molar-refractivity contribution in [1.29, 1.82) is 0 Å². The van der Waals surface area contributed by atoms with Gasteiger partial charge in [0.25, 0.3) is 0 Å². The summed E-state index contributed by atoms with van der Waals surface area (Å²) in [7, 11) is 0. The number of ether oxygens (including phenoxy) is 1. The lowest BCUT2D eigenvalue weighted by molar-refractivity contribution is 0.231. The van der Waals surface area contributed by atoms with Crippen molar-refractivity contribution in [3.63, 3.8) is 0 Å². The molecule has 0 aliphatic carbocycles. The van der Waals surface area contributed by atoms with Crippen LogP contribution in [0.1, 0.15) is 26.6 Å². The quantitative estimate of drug-likeness (QED) is 0.765. The Kier molecular flexibility index (Phi) is 3.06. The smallest absolute Gasteiger partial charge is 0.218 e. The molecule has 1 heterocycles. The minimum absolute atomic E-state index is 0.110. The number of nitrogens with zero attached hydrogens (tertiary/aromatic N) is 2. The fourth-order valence-corrected chi connectivity index (χ4v) is 0.952. The molecule has 0 bridgehead atoms. The molecule has 1 aromatic heterocycles. The summed E-state index contributed by atoms with van der Waals surface area (Å²) in [6.45, 7) is 5.88. The molecule has 4 heteroatoms. The average Bonchev–Trinajstić information content (AvgIpc) is 2.01. The minimum atomic E-state index is 0.110. The molecule has 0 fully saturated rings. The van der Waals surface area contributed by atoms with E-state index in [1.54, 1.807) is 6.07 Å². The zero-order valence-electron chi connectivity index (χ0n) is 8.24. The molecule has 0 aliphatic heterocycles. The molecule has 0 atom stereocenters. The molecular formula is C9H15N3O. The van der Waals surface area contributed by atoms with Crippen LogP contribution in [0.5, 0.6) is 5.88 Å². The van der Waals surface area contributed by atoms with Gasteiger partial charge in [-0.25, -0.2) is 4.98 Å². The highest BCUT2D eigenvalue weighted by Crippen LogP contribution is 2.12. The van der Waals surface area contributed by atoms with Crippen molar-refractivity contribution in [2.45, 2.75) is 33.3 Å². The molecule has 0 radical (unpaired) electrons. The summed E-state index contributed by atoms with van der Waals surface area (Å²) < 4.78 is 5.41. The van der Waals surface area contributed by atoms with Gasteiger partial charge < -0.3 is 10.5 Å². The van der Waals surface area contributed by atoms with Crippen molar-refractivity contribution in [2.75, 3.05) is 5.73 Å². The van der Waals surface area contributed by atoms with Gasteiger partial charge in [0.2, 0.25) is 5.88 Å². The maximum Gasteiger partial charge on any atom is 0.218 e. The van der Waals surface area contributed by atoms with Gasteiger partial charge >= 0.3 is 0 Å². The maximum absolute atomic E-state index is 5.58. The number of anilines is 1. The Morgan fingerprint density at radius 3 is 2.69 bits per heavy atom. The second-order valence-electron chi connectivity index (χ2n) is 3.07. The molecule has 1 aromatic rings. The highest BCUT2D eigenvalue weighted by Gasteiger charge is 2.03. The van der Waals surface area contributed by atoms with Crippen LogP contribution >= 0.6 is 0 Å². The Morgan fingerprint density at radius 2 is 2.15 bits per heavy atom.